The molecule has 2 amide bonds. The minimum Gasteiger partial charge on any atom is -0.481 e. The molecule has 0 saturated carbocycles. The predicted octanol–water partition coefficient (Wildman–Crippen LogP) is -4.68. The second-order valence-corrected chi connectivity index (χ2v) is 6.01. The quantitative estimate of drug-likeness (QED) is 0.175. The molecule has 0 spiro atoms. The van der Waals surface area contributed by atoms with Crippen LogP contribution in [0.4, 0.5) is 0 Å². The van der Waals surface area contributed by atoms with E-state index < -0.39 is 78.3 Å². The molecule has 0 aromatic carbocycles. The Morgan fingerprint density at radius 3 is 2.19 bits per heavy atom. The van der Waals surface area contributed by atoms with Crippen LogP contribution in [-0.2, 0) is 28.8 Å². The summed E-state index contributed by atoms with van der Waals surface area (Å²) in [5.41, 5.74) is 7.89. The van der Waals surface area contributed by atoms with E-state index in [4.69, 9.17) is 21.7 Å². The Bertz CT molecular complexity index is 679. The highest BCUT2D eigenvalue weighted by atomic mass is 16.4. The maximum Gasteiger partial charge on any atom is 0.330 e. The van der Waals surface area contributed by atoms with Gasteiger partial charge in [0.25, 0.3) is 0 Å². The molecule has 150 valence electrons. The number of aliphatic carboxylic acids is 2. The lowest BCUT2D eigenvalue weighted by Crippen LogP contribution is -2.61. The van der Waals surface area contributed by atoms with Crippen LogP contribution in [0.15, 0.2) is 0 Å². The average molecular weight is 388 g/mol. The van der Waals surface area contributed by atoms with Gasteiger partial charge in [-0.15, -0.1) is 0 Å². The fraction of sp³-hybridized carbons (Fsp3) is 0.571. The summed E-state index contributed by atoms with van der Waals surface area (Å²) in [7, 11) is 0. The van der Waals surface area contributed by atoms with Crippen molar-refractivity contribution in [3.63, 3.8) is 0 Å². The summed E-state index contributed by atoms with van der Waals surface area (Å²) in [6.07, 6.45) is -2.40. The van der Waals surface area contributed by atoms with Crippen LogP contribution < -0.4 is 22.1 Å². The first-order valence-electron chi connectivity index (χ1n) is 7.69. The lowest BCUT2D eigenvalue weighted by molar-refractivity contribution is -0.155. The average Bonchev–Trinajstić information content (AvgIpc) is 2.86. The molecule has 0 aliphatic carbocycles. The molecule has 0 aromatic rings. The van der Waals surface area contributed by atoms with E-state index in [-0.39, 0.29) is 6.54 Å². The topological polar surface area (TPSA) is 239 Å². The Morgan fingerprint density at radius 1 is 1.19 bits per heavy atom. The van der Waals surface area contributed by atoms with Gasteiger partial charge >= 0.3 is 11.9 Å². The van der Waals surface area contributed by atoms with Gasteiger partial charge in [0.15, 0.2) is 23.0 Å². The third-order valence-corrected chi connectivity index (χ3v) is 4.00. The molecule has 0 bridgehead atoms. The highest BCUT2D eigenvalue weighted by molar-refractivity contribution is 6.25. The monoisotopic (exact) mass is 388 g/mol. The van der Waals surface area contributed by atoms with Crippen molar-refractivity contribution in [3.05, 3.63) is 0 Å². The molecule has 1 aliphatic rings. The summed E-state index contributed by atoms with van der Waals surface area (Å²) in [6.45, 7) is -1.15. The molecule has 27 heavy (non-hydrogen) atoms. The van der Waals surface area contributed by atoms with Gasteiger partial charge < -0.3 is 37.4 Å². The van der Waals surface area contributed by atoms with Gasteiger partial charge in [-0.3, -0.25) is 24.0 Å². The summed E-state index contributed by atoms with van der Waals surface area (Å²) in [6, 6.07) is -2.70. The maximum absolute atomic E-state index is 12.4. The number of aliphatic hydroxyl groups is 1. The zero-order valence-electron chi connectivity index (χ0n) is 14.0. The number of carbonyl (C=O) groups excluding carboxylic acids is 4. The number of hydrogen-bond donors (Lipinski definition) is 7. The van der Waals surface area contributed by atoms with Gasteiger partial charge in [-0.05, 0) is 0 Å². The molecule has 1 rings (SSSR count). The molecule has 1 saturated heterocycles. The number of carbonyl (C=O) groups is 6. The molecular weight excluding hydrogens is 368 g/mol. The van der Waals surface area contributed by atoms with E-state index in [2.05, 4.69) is 5.32 Å². The Kier molecular flexibility index (Phi) is 7.10. The Morgan fingerprint density at radius 2 is 1.78 bits per heavy atom. The minimum atomic E-state index is -2.67. The SMILES string of the molecule is NCC1NC(=O)C(C(=O)CC(CC(=O)O)(NC(=O)C(N)CO)C(=O)O)C1=O. The summed E-state index contributed by atoms with van der Waals surface area (Å²) >= 11 is 0. The third-order valence-electron chi connectivity index (χ3n) is 4.00. The number of carboxylic acids is 2. The Balaban J connectivity index is 3.19. The van der Waals surface area contributed by atoms with Gasteiger partial charge in [0.2, 0.25) is 11.8 Å². The summed E-state index contributed by atoms with van der Waals surface area (Å²) < 4.78 is 0. The molecule has 1 aliphatic heterocycles. The number of carboxylic acid groups (broad SMARTS) is 2. The molecule has 4 unspecified atom stereocenters. The number of Topliss-reactive ketones (excluding diaryl/α,β-unsaturated/α-hetero) is 2. The zero-order valence-corrected chi connectivity index (χ0v) is 14.0. The van der Waals surface area contributed by atoms with Gasteiger partial charge in [0.05, 0.1) is 13.0 Å². The molecule has 9 N–H and O–H groups in total. The van der Waals surface area contributed by atoms with Crippen molar-refractivity contribution in [2.45, 2.75) is 30.5 Å². The number of nitrogens with one attached hydrogen (secondary N) is 2. The van der Waals surface area contributed by atoms with Gasteiger partial charge in [-0.1, -0.05) is 0 Å². The lowest BCUT2D eigenvalue weighted by Gasteiger charge is -2.30. The predicted molar refractivity (Wildman–Crippen MR) is 84.9 cm³/mol. The highest BCUT2D eigenvalue weighted by Crippen LogP contribution is 2.23. The van der Waals surface area contributed by atoms with Crippen LogP contribution in [0.5, 0.6) is 0 Å². The molecular formula is C14H20N4O9. The van der Waals surface area contributed by atoms with E-state index in [1.807, 2.05) is 5.32 Å². The number of ketones is 2. The fourth-order valence-corrected chi connectivity index (χ4v) is 2.56. The second kappa shape index (κ2) is 8.66. The van der Waals surface area contributed by atoms with Crippen molar-refractivity contribution in [3.8, 4) is 0 Å². The fourth-order valence-electron chi connectivity index (χ4n) is 2.56. The normalized spacial score (nSPS) is 22.5. The number of nitrogens with two attached hydrogens (primary N) is 2. The molecule has 4 atom stereocenters. The molecule has 1 heterocycles. The molecule has 0 aromatic heterocycles. The summed E-state index contributed by atoms with van der Waals surface area (Å²) in [5, 5.41) is 31.3. The van der Waals surface area contributed by atoms with Crippen molar-refractivity contribution >= 4 is 35.3 Å². The van der Waals surface area contributed by atoms with Crippen molar-refractivity contribution in [2.24, 2.45) is 17.4 Å². The third kappa shape index (κ3) is 4.84. The van der Waals surface area contributed by atoms with Crippen LogP contribution in [0.25, 0.3) is 0 Å². The van der Waals surface area contributed by atoms with Crippen LogP contribution >= 0.6 is 0 Å². The lowest BCUT2D eigenvalue weighted by atomic mass is 9.83. The van der Waals surface area contributed by atoms with E-state index in [1.165, 1.54) is 0 Å². The molecule has 1 fully saturated rings. The maximum atomic E-state index is 12.4. The first-order chi connectivity index (χ1) is 12.5. The van der Waals surface area contributed by atoms with Crippen molar-refractivity contribution in [2.75, 3.05) is 13.2 Å². The van der Waals surface area contributed by atoms with Gasteiger partial charge in [-0.2, -0.15) is 0 Å². The van der Waals surface area contributed by atoms with Crippen molar-refractivity contribution in [1.82, 2.24) is 10.6 Å². The first kappa shape index (κ1) is 22.1. The van der Waals surface area contributed by atoms with Crippen LogP contribution in [0.1, 0.15) is 12.8 Å². The van der Waals surface area contributed by atoms with E-state index in [0.29, 0.717) is 0 Å². The highest BCUT2D eigenvalue weighted by Gasteiger charge is 2.51. The molecule has 0 radical (unpaired) electrons. The first-order valence-corrected chi connectivity index (χ1v) is 7.69. The number of aliphatic hydroxyl groups excluding tert-OH is 1. The largest absolute Gasteiger partial charge is 0.481 e. The van der Waals surface area contributed by atoms with Crippen LogP contribution in [0.3, 0.4) is 0 Å². The van der Waals surface area contributed by atoms with Crippen LogP contribution in [-0.4, -0.2) is 81.4 Å². The minimum absolute atomic E-state index is 0.282. The summed E-state index contributed by atoms with van der Waals surface area (Å²) in [4.78, 5) is 71.0. The number of rotatable bonds is 10. The van der Waals surface area contributed by atoms with E-state index in [1.54, 1.807) is 0 Å². The summed E-state index contributed by atoms with van der Waals surface area (Å²) in [5.74, 6) is -9.72. The standard InChI is InChI=1S/C14H20N4O9/c15-3-6-10(23)9(12(25)17-6)7(20)1-14(13(26)27,2-8(21)22)18-11(24)5(16)4-19/h5-6,9,19H,1-4,15-16H2,(H,17,25)(H,18,24)(H,21,22)(H,26,27). The molecule has 13 heteroatoms. The Hall–Kier alpha value is -2.90. The van der Waals surface area contributed by atoms with Gasteiger partial charge in [-0.25, -0.2) is 4.79 Å². The van der Waals surface area contributed by atoms with Crippen molar-refractivity contribution in [1.29, 1.82) is 0 Å². The van der Waals surface area contributed by atoms with E-state index in [0.717, 1.165) is 0 Å². The molecule has 13 nitrogen and oxygen atoms in total. The smallest absolute Gasteiger partial charge is 0.330 e. The van der Waals surface area contributed by atoms with E-state index in [9.17, 15) is 33.9 Å². The Labute approximate surface area is 152 Å². The zero-order chi connectivity index (χ0) is 20.9. The van der Waals surface area contributed by atoms with Gasteiger partial charge in [0.1, 0.15) is 12.1 Å². The second-order valence-electron chi connectivity index (χ2n) is 6.01. The van der Waals surface area contributed by atoms with E-state index >= 15 is 0 Å². The van der Waals surface area contributed by atoms with Crippen LogP contribution in [0, 0.1) is 5.92 Å². The van der Waals surface area contributed by atoms with Gasteiger partial charge in [0, 0.05) is 13.0 Å². The number of amides is 2. The van der Waals surface area contributed by atoms with Crippen molar-refractivity contribution < 1.29 is 44.1 Å². The number of hydrogen-bond acceptors (Lipinski definition) is 9. The van der Waals surface area contributed by atoms with Crippen LogP contribution in [0.2, 0.25) is 0 Å².